The molecule has 18 heavy (non-hydrogen) atoms. The fourth-order valence-corrected chi connectivity index (χ4v) is 1.99. The van der Waals surface area contributed by atoms with Crippen LogP contribution in [0.2, 0.25) is 0 Å². The monoisotopic (exact) mass is 287 g/mol. The van der Waals surface area contributed by atoms with Gasteiger partial charge in [-0.2, -0.15) is 0 Å². The molecule has 1 aromatic heterocycles. The Labute approximate surface area is 111 Å². The van der Waals surface area contributed by atoms with Crippen molar-refractivity contribution in [3.8, 4) is 11.4 Å². The van der Waals surface area contributed by atoms with Gasteiger partial charge in [-0.3, -0.25) is 5.10 Å². The molecule has 1 aromatic carbocycles. The van der Waals surface area contributed by atoms with Gasteiger partial charge in [-0.1, -0.05) is 29.9 Å². The summed E-state index contributed by atoms with van der Waals surface area (Å²) in [5.41, 5.74) is 0.302. The van der Waals surface area contributed by atoms with Gasteiger partial charge < -0.3 is 0 Å². The van der Waals surface area contributed by atoms with Crippen LogP contribution < -0.4 is 0 Å². The van der Waals surface area contributed by atoms with Gasteiger partial charge in [-0.05, 0) is 12.1 Å². The maximum Gasteiger partial charge on any atom is 0.209 e. The van der Waals surface area contributed by atoms with Crippen LogP contribution in [-0.4, -0.2) is 20.9 Å². The molecule has 94 valence electrons. The molecule has 0 aliphatic heterocycles. The van der Waals surface area contributed by atoms with Crippen molar-refractivity contribution < 1.29 is 8.78 Å². The summed E-state index contributed by atoms with van der Waals surface area (Å²) >= 11 is 6.89. The van der Waals surface area contributed by atoms with Crippen molar-refractivity contribution in [1.29, 1.82) is 0 Å². The smallest absolute Gasteiger partial charge is 0.209 e. The van der Waals surface area contributed by atoms with Gasteiger partial charge in [0.1, 0.15) is 11.6 Å². The van der Waals surface area contributed by atoms with Crippen LogP contribution in [-0.2, 0) is 0 Å². The molecule has 0 aliphatic carbocycles. The molecule has 0 aliphatic rings. The fourth-order valence-electron chi connectivity index (χ4n) is 1.27. The third-order valence-corrected chi connectivity index (χ3v) is 3.18. The van der Waals surface area contributed by atoms with Crippen molar-refractivity contribution in [2.45, 2.75) is 5.16 Å². The minimum Gasteiger partial charge on any atom is -0.258 e. The number of hydrogen-bond acceptors (Lipinski definition) is 3. The number of rotatable bonds is 4. The maximum absolute atomic E-state index is 13.0. The second-order valence-electron chi connectivity index (χ2n) is 3.43. The zero-order chi connectivity index (χ0) is 13.1. The molecule has 0 bridgehead atoms. The van der Waals surface area contributed by atoms with Gasteiger partial charge in [0.25, 0.3) is 0 Å². The predicted molar refractivity (Wildman–Crippen MR) is 67.5 cm³/mol. The normalized spacial score (nSPS) is 10.6. The molecule has 0 radical (unpaired) electrons. The number of nitrogens with one attached hydrogen (secondary N) is 1. The summed E-state index contributed by atoms with van der Waals surface area (Å²) in [5, 5.41) is 7.43. The lowest BCUT2D eigenvalue weighted by atomic mass is 10.2. The van der Waals surface area contributed by atoms with Crippen LogP contribution in [0, 0.1) is 11.6 Å². The Balaban J connectivity index is 2.21. The average molecular weight is 288 g/mol. The summed E-state index contributed by atoms with van der Waals surface area (Å²) in [6.07, 6.45) is 0. The number of hydrogen-bond donors (Lipinski definition) is 1. The molecular formula is C11H8ClF2N3S. The van der Waals surface area contributed by atoms with Crippen LogP contribution >= 0.6 is 23.4 Å². The molecule has 0 fully saturated rings. The van der Waals surface area contributed by atoms with Gasteiger partial charge in [-0.25, -0.2) is 13.8 Å². The largest absolute Gasteiger partial charge is 0.258 e. The Morgan fingerprint density at radius 2 is 2.00 bits per heavy atom. The minimum atomic E-state index is -0.662. The topological polar surface area (TPSA) is 41.6 Å². The Hall–Kier alpha value is -1.40. The lowest BCUT2D eigenvalue weighted by Gasteiger charge is -1.96. The first kappa shape index (κ1) is 13.0. The molecule has 1 N–H and O–H groups in total. The van der Waals surface area contributed by atoms with E-state index in [-0.39, 0.29) is 0 Å². The predicted octanol–water partition coefficient (Wildman–Crippen LogP) is 3.59. The number of benzene rings is 1. The van der Waals surface area contributed by atoms with E-state index in [1.54, 1.807) is 0 Å². The van der Waals surface area contributed by atoms with Crippen LogP contribution in [0.3, 0.4) is 0 Å². The Morgan fingerprint density at radius 3 is 2.61 bits per heavy atom. The van der Waals surface area contributed by atoms with Crippen LogP contribution in [0.25, 0.3) is 11.4 Å². The molecule has 0 saturated carbocycles. The molecule has 0 atom stereocenters. The van der Waals surface area contributed by atoms with Gasteiger partial charge in [0, 0.05) is 22.4 Å². The van der Waals surface area contributed by atoms with Gasteiger partial charge in [0.2, 0.25) is 5.16 Å². The number of halogens is 3. The molecule has 2 rings (SSSR count). The lowest BCUT2D eigenvalue weighted by molar-refractivity contribution is 0.584. The Bertz CT molecular complexity index is 565. The summed E-state index contributed by atoms with van der Waals surface area (Å²) in [6, 6.07) is 3.16. The standard InChI is InChI=1S/C11H8ClF2N3S/c1-6(12)5-18-11-15-10(16-17-11)7-2-8(13)4-9(14)3-7/h2-4H,1,5H2,(H,15,16,17). The average Bonchev–Trinajstić information content (AvgIpc) is 2.73. The molecule has 0 unspecified atom stereocenters. The molecule has 0 saturated heterocycles. The van der Waals surface area contributed by atoms with Crippen LogP contribution in [0.4, 0.5) is 8.78 Å². The number of H-pyrrole nitrogens is 1. The zero-order valence-electron chi connectivity index (χ0n) is 9.08. The molecule has 7 heteroatoms. The third kappa shape index (κ3) is 3.30. The van der Waals surface area contributed by atoms with Gasteiger partial charge in [0.05, 0.1) is 0 Å². The molecular weight excluding hydrogens is 280 g/mol. The third-order valence-electron chi connectivity index (χ3n) is 1.96. The van der Waals surface area contributed by atoms with Gasteiger partial charge >= 0.3 is 0 Å². The van der Waals surface area contributed by atoms with E-state index < -0.39 is 11.6 Å². The number of aromatic nitrogens is 3. The van der Waals surface area contributed by atoms with E-state index in [4.69, 9.17) is 11.6 Å². The highest BCUT2D eigenvalue weighted by molar-refractivity contribution is 7.99. The van der Waals surface area contributed by atoms with Crippen molar-refractivity contribution in [3.63, 3.8) is 0 Å². The minimum absolute atomic E-state index is 0.302. The quantitative estimate of drug-likeness (QED) is 0.874. The Kier molecular flexibility index (Phi) is 3.98. The van der Waals surface area contributed by atoms with Crippen molar-refractivity contribution in [2.24, 2.45) is 0 Å². The van der Waals surface area contributed by atoms with Crippen LogP contribution in [0.15, 0.2) is 35.0 Å². The van der Waals surface area contributed by atoms with E-state index in [0.29, 0.717) is 27.3 Å². The fraction of sp³-hybridized carbons (Fsp3) is 0.0909. The van der Waals surface area contributed by atoms with Crippen molar-refractivity contribution in [2.75, 3.05) is 5.75 Å². The first-order valence-electron chi connectivity index (χ1n) is 4.89. The summed E-state index contributed by atoms with van der Waals surface area (Å²) in [5.74, 6) is -0.554. The first-order valence-corrected chi connectivity index (χ1v) is 6.26. The second-order valence-corrected chi connectivity index (χ2v) is 4.91. The second kappa shape index (κ2) is 5.49. The van der Waals surface area contributed by atoms with E-state index in [9.17, 15) is 8.78 Å². The molecule has 3 nitrogen and oxygen atoms in total. The van der Waals surface area contributed by atoms with Gasteiger partial charge in [-0.15, -0.1) is 5.10 Å². The van der Waals surface area contributed by atoms with Gasteiger partial charge in [0.15, 0.2) is 5.82 Å². The zero-order valence-corrected chi connectivity index (χ0v) is 10.7. The van der Waals surface area contributed by atoms with E-state index in [1.807, 2.05) is 0 Å². The molecule has 0 spiro atoms. The van der Waals surface area contributed by atoms with Crippen molar-refractivity contribution in [1.82, 2.24) is 15.2 Å². The highest BCUT2D eigenvalue weighted by Crippen LogP contribution is 2.22. The number of thioether (sulfide) groups is 1. The molecule has 1 heterocycles. The van der Waals surface area contributed by atoms with Crippen LogP contribution in [0.5, 0.6) is 0 Å². The lowest BCUT2D eigenvalue weighted by Crippen LogP contribution is -1.86. The first-order chi connectivity index (χ1) is 8.54. The van der Waals surface area contributed by atoms with Crippen LogP contribution in [0.1, 0.15) is 0 Å². The summed E-state index contributed by atoms with van der Waals surface area (Å²) in [4.78, 5) is 4.10. The highest BCUT2D eigenvalue weighted by Gasteiger charge is 2.09. The maximum atomic E-state index is 13.0. The van der Waals surface area contributed by atoms with E-state index in [2.05, 4.69) is 21.8 Å². The Morgan fingerprint density at radius 1 is 1.33 bits per heavy atom. The van der Waals surface area contributed by atoms with E-state index in [0.717, 1.165) is 6.07 Å². The summed E-state index contributed by atoms with van der Waals surface area (Å²) < 4.78 is 26.1. The molecule has 0 amide bonds. The summed E-state index contributed by atoms with van der Waals surface area (Å²) in [6.45, 7) is 3.54. The summed E-state index contributed by atoms with van der Waals surface area (Å²) in [7, 11) is 0. The van der Waals surface area contributed by atoms with E-state index >= 15 is 0 Å². The van der Waals surface area contributed by atoms with Crippen molar-refractivity contribution in [3.05, 3.63) is 41.4 Å². The highest BCUT2D eigenvalue weighted by atomic mass is 35.5. The molecule has 2 aromatic rings. The van der Waals surface area contributed by atoms with Crippen molar-refractivity contribution >= 4 is 23.4 Å². The van der Waals surface area contributed by atoms with E-state index in [1.165, 1.54) is 23.9 Å². The number of nitrogens with zero attached hydrogens (tertiary/aromatic N) is 2. The number of aromatic amines is 1. The SMILES string of the molecule is C=C(Cl)CSc1n[nH]c(-c2cc(F)cc(F)c2)n1.